The summed E-state index contributed by atoms with van der Waals surface area (Å²) in [5, 5.41) is 12.0. The van der Waals surface area contributed by atoms with E-state index < -0.39 is 0 Å². The summed E-state index contributed by atoms with van der Waals surface area (Å²) < 4.78 is 10.6. The van der Waals surface area contributed by atoms with Crippen molar-refractivity contribution in [3.63, 3.8) is 0 Å². The largest absolute Gasteiger partial charge is 0.454 e. The van der Waals surface area contributed by atoms with Gasteiger partial charge in [0, 0.05) is 0 Å². The summed E-state index contributed by atoms with van der Waals surface area (Å²) in [7, 11) is 0. The summed E-state index contributed by atoms with van der Waals surface area (Å²) in [6, 6.07) is 6.12. The molecule has 0 aromatic heterocycles. The van der Waals surface area contributed by atoms with Crippen molar-refractivity contribution in [1.29, 1.82) is 0 Å². The quantitative estimate of drug-likeness (QED) is 0.438. The molecule has 0 amide bonds. The van der Waals surface area contributed by atoms with Crippen molar-refractivity contribution in [3.8, 4) is 47.5 Å². The molecule has 22 heavy (non-hydrogen) atoms. The van der Waals surface area contributed by atoms with Crippen LogP contribution in [0.2, 0.25) is 0 Å². The van der Waals surface area contributed by atoms with E-state index in [1.165, 1.54) is 5.56 Å². The molecule has 4 heteroatoms. The Balaban J connectivity index is 0.000000421. The fourth-order valence-electron chi connectivity index (χ4n) is 1.49. The monoisotopic (exact) mass is 300 g/mol. The predicted octanol–water partition coefficient (Wildman–Crippen LogP) is 3.38. The molecule has 0 bridgehead atoms. The lowest BCUT2D eigenvalue weighted by Crippen LogP contribution is -2.10. The minimum Gasteiger partial charge on any atom is -0.454 e. The fraction of sp³-hybridized carbons (Fsp3) is 0.333. The Hall–Kier alpha value is -2.58. The highest BCUT2D eigenvalue weighted by atomic mass is 17.0. The Labute approximate surface area is 132 Å². The summed E-state index contributed by atoms with van der Waals surface area (Å²) >= 11 is 0. The lowest BCUT2D eigenvalue weighted by molar-refractivity contribution is -0.176. The highest BCUT2D eigenvalue weighted by Gasteiger charge is 2.19. The second-order valence-electron chi connectivity index (χ2n) is 5.09. The summed E-state index contributed by atoms with van der Waals surface area (Å²) in [5.41, 5.74) is 1.44. The normalized spacial score (nSPS) is 10.0. The van der Waals surface area contributed by atoms with Gasteiger partial charge < -0.3 is 9.47 Å². The first-order chi connectivity index (χ1) is 10.5. The third-order valence-electron chi connectivity index (χ3n) is 2.56. The van der Waals surface area contributed by atoms with Gasteiger partial charge in [0.2, 0.25) is 6.79 Å². The van der Waals surface area contributed by atoms with E-state index in [0.717, 1.165) is 11.5 Å². The Morgan fingerprint density at radius 1 is 1.05 bits per heavy atom. The standard InChI is InChI=1S/C11H14O2.C7H4.H2O2/c1-11(2,3)8-4-5-9-10(6-8)13-7-12-9;1-3-5-7-6-4-2;1-2/h4-6H,7H2,1-3H3;1H,2H3;1-2H. The lowest BCUT2D eigenvalue weighted by atomic mass is 9.87. The van der Waals surface area contributed by atoms with Gasteiger partial charge in [-0.05, 0) is 53.7 Å². The smallest absolute Gasteiger partial charge is 0.231 e. The van der Waals surface area contributed by atoms with Crippen LogP contribution in [0.1, 0.15) is 33.3 Å². The van der Waals surface area contributed by atoms with E-state index in [2.05, 4.69) is 62.5 Å². The molecular formula is C18H20O4. The van der Waals surface area contributed by atoms with Crippen molar-refractivity contribution >= 4 is 0 Å². The molecule has 1 aliphatic rings. The molecule has 1 aliphatic heterocycles. The van der Waals surface area contributed by atoms with Gasteiger partial charge in [0.15, 0.2) is 11.5 Å². The summed E-state index contributed by atoms with van der Waals surface area (Å²) in [4.78, 5) is 0. The summed E-state index contributed by atoms with van der Waals surface area (Å²) in [6.07, 6.45) is 4.78. The maximum absolute atomic E-state index is 6.00. The van der Waals surface area contributed by atoms with E-state index in [0.29, 0.717) is 6.79 Å². The first kappa shape index (κ1) is 19.4. The van der Waals surface area contributed by atoms with Crippen LogP contribution in [0.3, 0.4) is 0 Å². The van der Waals surface area contributed by atoms with Gasteiger partial charge in [-0.3, -0.25) is 10.5 Å². The average molecular weight is 300 g/mol. The number of benzene rings is 1. The molecule has 2 N–H and O–H groups in total. The van der Waals surface area contributed by atoms with Crippen molar-refractivity contribution in [2.45, 2.75) is 33.1 Å². The van der Waals surface area contributed by atoms with E-state index in [-0.39, 0.29) is 5.41 Å². The predicted molar refractivity (Wildman–Crippen MR) is 86.6 cm³/mol. The highest BCUT2D eigenvalue weighted by Crippen LogP contribution is 2.35. The zero-order chi connectivity index (χ0) is 17.0. The van der Waals surface area contributed by atoms with Crippen molar-refractivity contribution in [2.24, 2.45) is 0 Å². The van der Waals surface area contributed by atoms with Crippen LogP contribution in [0.15, 0.2) is 18.2 Å². The molecule has 0 aliphatic carbocycles. The molecule has 0 unspecified atom stereocenters. The summed E-state index contributed by atoms with van der Waals surface area (Å²) in [5.74, 6) is 13.7. The molecule has 0 saturated heterocycles. The highest BCUT2D eigenvalue weighted by molar-refractivity contribution is 5.46. The van der Waals surface area contributed by atoms with Crippen molar-refractivity contribution < 1.29 is 20.0 Å². The molecule has 4 nitrogen and oxygen atoms in total. The Morgan fingerprint density at radius 3 is 2.23 bits per heavy atom. The number of rotatable bonds is 0. The first-order valence-corrected chi connectivity index (χ1v) is 6.46. The zero-order valence-corrected chi connectivity index (χ0v) is 13.2. The molecule has 0 radical (unpaired) electrons. The minimum absolute atomic E-state index is 0.168. The minimum atomic E-state index is 0.168. The van der Waals surface area contributed by atoms with Gasteiger partial charge in [-0.1, -0.05) is 32.8 Å². The first-order valence-electron chi connectivity index (χ1n) is 6.46. The lowest BCUT2D eigenvalue weighted by Gasteiger charge is -2.18. The molecule has 1 heterocycles. The fourth-order valence-corrected chi connectivity index (χ4v) is 1.49. The van der Waals surface area contributed by atoms with Crippen LogP contribution in [-0.2, 0) is 5.41 Å². The molecule has 116 valence electrons. The molecule has 0 saturated carbocycles. The van der Waals surface area contributed by atoms with Crippen molar-refractivity contribution in [3.05, 3.63) is 23.8 Å². The molecule has 0 spiro atoms. The van der Waals surface area contributed by atoms with Gasteiger partial charge in [-0.25, -0.2) is 0 Å². The van der Waals surface area contributed by atoms with Crippen LogP contribution < -0.4 is 9.47 Å². The average Bonchev–Trinajstić information content (AvgIpc) is 2.97. The third-order valence-corrected chi connectivity index (χ3v) is 2.56. The van der Waals surface area contributed by atoms with E-state index in [4.69, 9.17) is 26.4 Å². The van der Waals surface area contributed by atoms with E-state index in [1.54, 1.807) is 6.92 Å². The molecular weight excluding hydrogens is 280 g/mol. The van der Waals surface area contributed by atoms with Crippen LogP contribution >= 0.6 is 0 Å². The second-order valence-corrected chi connectivity index (χ2v) is 5.09. The SMILES string of the molecule is C#CC#CC#CC.CC(C)(C)c1ccc2c(c1)OCO2.OO. The number of ether oxygens (including phenoxy) is 2. The Morgan fingerprint density at radius 2 is 1.68 bits per heavy atom. The number of hydrogen-bond donors (Lipinski definition) is 2. The van der Waals surface area contributed by atoms with Gasteiger partial charge in [0.05, 0.1) is 0 Å². The number of hydrogen-bond acceptors (Lipinski definition) is 4. The van der Waals surface area contributed by atoms with Gasteiger partial charge in [0.25, 0.3) is 0 Å². The molecule has 0 fully saturated rings. The zero-order valence-electron chi connectivity index (χ0n) is 13.2. The molecule has 0 atom stereocenters. The van der Waals surface area contributed by atoms with E-state index in [1.807, 2.05) is 6.07 Å². The Kier molecular flexibility index (Phi) is 9.00. The van der Waals surface area contributed by atoms with Crippen LogP contribution in [0.25, 0.3) is 0 Å². The Bertz CT molecular complexity index is 626. The summed E-state index contributed by atoms with van der Waals surface area (Å²) in [6.45, 7) is 8.62. The van der Waals surface area contributed by atoms with E-state index in [9.17, 15) is 0 Å². The van der Waals surface area contributed by atoms with Crippen LogP contribution in [0, 0.1) is 36.0 Å². The number of fused-ring (bicyclic) bond motifs is 1. The maximum Gasteiger partial charge on any atom is 0.231 e. The van der Waals surface area contributed by atoms with Crippen molar-refractivity contribution in [1.82, 2.24) is 0 Å². The molecule has 1 aromatic carbocycles. The topological polar surface area (TPSA) is 58.9 Å². The van der Waals surface area contributed by atoms with Crippen LogP contribution in [-0.4, -0.2) is 17.3 Å². The van der Waals surface area contributed by atoms with Gasteiger partial charge in [-0.2, -0.15) is 0 Å². The van der Waals surface area contributed by atoms with Gasteiger partial charge >= 0.3 is 0 Å². The van der Waals surface area contributed by atoms with Gasteiger partial charge in [-0.15, -0.1) is 6.42 Å². The third kappa shape index (κ3) is 6.73. The molecule has 1 aromatic rings. The van der Waals surface area contributed by atoms with Crippen LogP contribution in [0.4, 0.5) is 0 Å². The van der Waals surface area contributed by atoms with Gasteiger partial charge in [0.1, 0.15) is 0 Å². The van der Waals surface area contributed by atoms with Crippen molar-refractivity contribution in [2.75, 3.05) is 6.79 Å². The number of terminal acetylenes is 1. The molecule has 2 rings (SSSR count). The second kappa shape index (κ2) is 10.2. The van der Waals surface area contributed by atoms with Crippen LogP contribution in [0.5, 0.6) is 11.5 Å². The maximum atomic E-state index is 6.00. The van der Waals surface area contributed by atoms with E-state index >= 15 is 0 Å².